The van der Waals surface area contributed by atoms with Crippen molar-refractivity contribution in [2.75, 3.05) is 6.54 Å². The standard InChI is InChI=1S/C6H12N2O2/c7-3-4-1-2-5(10-4)6(8)9/h4-5H,1-3,7H2,(H2,8,9)/t4-,5+/m0/s1. The summed E-state index contributed by atoms with van der Waals surface area (Å²) in [4.78, 5) is 10.5. The first-order chi connectivity index (χ1) is 4.74. The highest BCUT2D eigenvalue weighted by Crippen LogP contribution is 2.17. The van der Waals surface area contributed by atoms with Crippen LogP contribution >= 0.6 is 0 Å². The first-order valence-corrected chi connectivity index (χ1v) is 3.39. The lowest BCUT2D eigenvalue weighted by Gasteiger charge is -2.07. The summed E-state index contributed by atoms with van der Waals surface area (Å²) in [6, 6.07) is 0. The number of amides is 1. The Labute approximate surface area is 59.5 Å². The third kappa shape index (κ3) is 1.46. The maximum absolute atomic E-state index is 10.5. The highest BCUT2D eigenvalue weighted by atomic mass is 16.5. The minimum absolute atomic E-state index is 0.0394. The van der Waals surface area contributed by atoms with E-state index < -0.39 is 6.10 Å². The van der Waals surface area contributed by atoms with Gasteiger partial charge in [-0.05, 0) is 12.8 Å². The minimum Gasteiger partial charge on any atom is -0.367 e. The van der Waals surface area contributed by atoms with Gasteiger partial charge in [0.25, 0.3) is 0 Å². The predicted octanol–water partition coefficient (Wildman–Crippen LogP) is -1.02. The van der Waals surface area contributed by atoms with Crippen LogP contribution in [0.25, 0.3) is 0 Å². The molecular weight excluding hydrogens is 132 g/mol. The molecule has 0 aromatic rings. The van der Waals surface area contributed by atoms with Crippen molar-refractivity contribution < 1.29 is 9.53 Å². The zero-order valence-corrected chi connectivity index (χ0v) is 5.75. The van der Waals surface area contributed by atoms with Crippen LogP contribution in [0, 0.1) is 0 Å². The summed E-state index contributed by atoms with van der Waals surface area (Å²) in [5.41, 5.74) is 10.3. The van der Waals surface area contributed by atoms with Crippen LogP contribution in [0.15, 0.2) is 0 Å². The van der Waals surface area contributed by atoms with Gasteiger partial charge in [0.15, 0.2) is 0 Å². The largest absolute Gasteiger partial charge is 0.367 e. The van der Waals surface area contributed by atoms with E-state index in [1.54, 1.807) is 0 Å². The number of ether oxygens (including phenoxy) is 1. The van der Waals surface area contributed by atoms with Crippen LogP contribution in [0.3, 0.4) is 0 Å². The molecule has 10 heavy (non-hydrogen) atoms. The molecule has 58 valence electrons. The fraction of sp³-hybridized carbons (Fsp3) is 0.833. The molecule has 0 aliphatic carbocycles. The molecule has 0 saturated carbocycles. The third-order valence-electron chi connectivity index (χ3n) is 1.69. The molecule has 4 nitrogen and oxygen atoms in total. The van der Waals surface area contributed by atoms with E-state index in [2.05, 4.69) is 0 Å². The first kappa shape index (κ1) is 7.50. The molecule has 0 bridgehead atoms. The number of hydrogen-bond acceptors (Lipinski definition) is 3. The summed E-state index contributed by atoms with van der Waals surface area (Å²) in [5, 5.41) is 0. The molecule has 1 rings (SSSR count). The van der Waals surface area contributed by atoms with Crippen molar-refractivity contribution in [3.05, 3.63) is 0 Å². The van der Waals surface area contributed by atoms with Crippen LogP contribution in [0.5, 0.6) is 0 Å². The fourth-order valence-corrected chi connectivity index (χ4v) is 1.09. The summed E-state index contributed by atoms with van der Waals surface area (Å²) < 4.78 is 5.17. The zero-order valence-electron chi connectivity index (χ0n) is 5.75. The van der Waals surface area contributed by atoms with E-state index >= 15 is 0 Å². The van der Waals surface area contributed by atoms with Crippen molar-refractivity contribution in [3.8, 4) is 0 Å². The number of primary amides is 1. The second-order valence-electron chi connectivity index (χ2n) is 2.46. The topological polar surface area (TPSA) is 78.3 Å². The van der Waals surface area contributed by atoms with Gasteiger partial charge in [-0.1, -0.05) is 0 Å². The SMILES string of the molecule is NC[C@@H]1CC[C@H](C(N)=O)O1. The summed E-state index contributed by atoms with van der Waals surface area (Å²) in [6.07, 6.45) is 1.22. The van der Waals surface area contributed by atoms with Gasteiger partial charge in [0, 0.05) is 6.54 Å². The number of nitrogens with two attached hydrogens (primary N) is 2. The van der Waals surface area contributed by atoms with E-state index in [0.29, 0.717) is 6.54 Å². The van der Waals surface area contributed by atoms with Crippen molar-refractivity contribution in [3.63, 3.8) is 0 Å². The molecule has 1 aliphatic heterocycles. The Morgan fingerprint density at radius 2 is 2.30 bits per heavy atom. The van der Waals surface area contributed by atoms with Crippen LogP contribution < -0.4 is 11.5 Å². The minimum atomic E-state index is -0.395. The summed E-state index contributed by atoms with van der Waals surface area (Å²) in [5.74, 6) is -0.379. The quantitative estimate of drug-likeness (QED) is 0.520. The van der Waals surface area contributed by atoms with Crippen molar-refractivity contribution in [1.82, 2.24) is 0 Å². The van der Waals surface area contributed by atoms with Gasteiger partial charge < -0.3 is 16.2 Å². The Kier molecular flexibility index (Phi) is 2.24. The molecule has 2 atom stereocenters. The lowest BCUT2D eigenvalue weighted by molar-refractivity contribution is -0.128. The molecule has 0 unspecified atom stereocenters. The Balaban J connectivity index is 2.35. The van der Waals surface area contributed by atoms with Crippen molar-refractivity contribution >= 4 is 5.91 Å². The molecule has 1 saturated heterocycles. The second-order valence-corrected chi connectivity index (χ2v) is 2.46. The van der Waals surface area contributed by atoms with Crippen molar-refractivity contribution in [2.45, 2.75) is 25.0 Å². The van der Waals surface area contributed by atoms with Gasteiger partial charge in [0.1, 0.15) is 6.10 Å². The fourth-order valence-electron chi connectivity index (χ4n) is 1.09. The van der Waals surface area contributed by atoms with Gasteiger partial charge in [-0.2, -0.15) is 0 Å². The maximum Gasteiger partial charge on any atom is 0.246 e. The molecule has 1 aliphatic rings. The second kappa shape index (κ2) is 2.98. The molecule has 1 fully saturated rings. The monoisotopic (exact) mass is 144 g/mol. The van der Waals surface area contributed by atoms with Gasteiger partial charge >= 0.3 is 0 Å². The van der Waals surface area contributed by atoms with Gasteiger partial charge in [-0.25, -0.2) is 0 Å². The lowest BCUT2D eigenvalue weighted by Crippen LogP contribution is -2.30. The summed E-state index contributed by atoms with van der Waals surface area (Å²) in [6.45, 7) is 0.476. The molecular formula is C6H12N2O2. The summed E-state index contributed by atoms with van der Waals surface area (Å²) in [7, 11) is 0. The molecule has 1 amide bonds. The van der Waals surface area contributed by atoms with Crippen LogP contribution in [0.2, 0.25) is 0 Å². The maximum atomic E-state index is 10.5. The molecule has 0 spiro atoms. The van der Waals surface area contributed by atoms with Crippen molar-refractivity contribution in [1.29, 1.82) is 0 Å². The smallest absolute Gasteiger partial charge is 0.246 e. The normalized spacial score (nSPS) is 32.5. The van der Waals surface area contributed by atoms with Gasteiger partial charge in [0.2, 0.25) is 5.91 Å². The molecule has 1 heterocycles. The molecule has 4 N–H and O–H groups in total. The number of rotatable bonds is 2. The molecule has 0 aromatic heterocycles. The van der Waals surface area contributed by atoms with E-state index in [1.165, 1.54) is 0 Å². The van der Waals surface area contributed by atoms with E-state index in [1.807, 2.05) is 0 Å². The highest BCUT2D eigenvalue weighted by Gasteiger charge is 2.27. The number of carbonyl (C=O) groups is 1. The van der Waals surface area contributed by atoms with Crippen LogP contribution in [-0.4, -0.2) is 24.7 Å². The summed E-state index contributed by atoms with van der Waals surface area (Å²) >= 11 is 0. The first-order valence-electron chi connectivity index (χ1n) is 3.39. The van der Waals surface area contributed by atoms with Gasteiger partial charge in [-0.15, -0.1) is 0 Å². The van der Waals surface area contributed by atoms with E-state index in [0.717, 1.165) is 12.8 Å². The number of carbonyl (C=O) groups excluding carboxylic acids is 1. The van der Waals surface area contributed by atoms with Crippen LogP contribution in [-0.2, 0) is 9.53 Å². The van der Waals surface area contributed by atoms with E-state index in [9.17, 15) is 4.79 Å². The highest BCUT2D eigenvalue weighted by molar-refractivity contribution is 5.79. The third-order valence-corrected chi connectivity index (χ3v) is 1.69. The van der Waals surface area contributed by atoms with Crippen LogP contribution in [0.4, 0.5) is 0 Å². The van der Waals surface area contributed by atoms with Crippen LogP contribution in [0.1, 0.15) is 12.8 Å². The predicted molar refractivity (Wildman–Crippen MR) is 36.1 cm³/mol. The Hall–Kier alpha value is -0.610. The number of hydrogen-bond donors (Lipinski definition) is 2. The lowest BCUT2D eigenvalue weighted by atomic mass is 10.2. The van der Waals surface area contributed by atoms with Gasteiger partial charge in [0.05, 0.1) is 6.10 Å². The molecule has 0 aromatic carbocycles. The zero-order chi connectivity index (χ0) is 7.56. The Morgan fingerprint density at radius 3 is 2.60 bits per heavy atom. The van der Waals surface area contributed by atoms with Crippen molar-refractivity contribution in [2.24, 2.45) is 11.5 Å². The molecule has 0 radical (unpaired) electrons. The Bertz CT molecular complexity index is 138. The average molecular weight is 144 g/mol. The van der Waals surface area contributed by atoms with Gasteiger partial charge in [-0.3, -0.25) is 4.79 Å². The Morgan fingerprint density at radius 1 is 1.60 bits per heavy atom. The average Bonchev–Trinajstić information content (AvgIpc) is 2.34. The van der Waals surface area contributed by atoms with E-state index in [-0.39, 0.29) is 12.0 Å². The molecule has 4 heteroatoms. The van der Waals surface area contributed by atoms with E-state index in [4.69, 9.17) is 16.2 Å².